The Labute approximate surface area is 154 Å². The molecular formula is C20H17F3N4. The Balaban J connectivity index is 1.50. The molecule has 0 fully saturated rings. The van der Waals surface area contributed by atoms with Crippen LogP contribution in [0.15, 0.2) is 60.8 Å². The van der Waals surface area contributed by atoms with E-state index in [0.717, 1.165) is 37.5 Å². The molecule has 0 amide bonds. The van der Waals surface area contributed by atoms with Crippen molar-refractivity contribution < 1.29 is 13.2 Å². The lowest BCUT2D eigenvalue weighted by atomic mass is 10.00. The van der Waals surface area contributed by atoms with Gasteiger partial charge >= 0.3 is 6.18 Å². The van der Waals surface area contributed by atoms with Crippen LogP contribution in [0.25, 0.3) is 0 Å². The SMILES string of the molecule is FC(F)(F)c1ccc(Nc2nccc(N3CCc4ccccc4C3)n2)cc1. The molecule has 1 aromatic heterocycles. The number of fused-ring (bicyclic) bond motifs is 1. The van der Waals surface area contributed by atoms with Gasteiger partial charge in [-0.1, -0.05) is 24.3 Å². The van der Waals surface area contributed by atoms with Gasteiger partial charge in [-0.25, -0.2) is 4.98 Å². The molecule has 4 nitrogen and oxygen atoms in total. The lowest BCUT2D eigenvalue weighted by molar-refractivity contribution is -0.137. The molecule has 1 aliphatic rings. The smallest absolute Gasteiger partial charge is 0.352 e. The molecular weight excluding hydrogens is 353 g/mol. The predicted molar refractivity (Wildman–Crippen MR) is 98.0 cm³/mol. The third-order valence-electron chi connectivity index (χ3n) is 4.56. The normalized spacial score (nSPS) is 14.0. The maximum Gasteiger partial charge on any atom is 0.416 e. The van der Waals surface area contributed by atoms with Crippen LogP contribution in [0.5, 0.6) is 0 Å². The molecule has 2 aromatic carbocycles. The molecule has 2 heterocycles. The maximum atomic E-state index is 12.7. The number of nitrogens with one attached hydrogen (secondary N) is 1. The first-order chi connectivity index (χ1) is 13.0. The Hall–Kier alpha value is -3.09. The Kier molecular flexibility index (Phi) is 4.43. The van der Waals surface area contributed by atoms with E-state index in [4.69, 9.17) is 0 Å². The molecule has 0 bridgehead atoms. The molecule has 4 rings (SSSR count). The van der Waals surface area contributed by atoms with Crippen LogP contribution in [0.1, 0.15) is 16.7 Å². The van der Waals surface area contributed by atoms with Gasteiger partial charge in [-0.15, -0.1) is 0 Å². The van der Waals surface area contributed by atoms with Crippen molar-refractivity contribution in [2.45, 2.75) is 19.1 Å². The van der Waals surface area contributed by atoms with Crippen LogP contribution >= 0.6 is 0 Å². The summed E-state index contributed by atoms with van der Waals surface area (Å²) >= 11 is 0. The highest BCUT2D eigenvalue weighted by Gasteiger charge is 2.30. The highest BCUT2D eigenvalue weighted by Crippen LogP contribution is 2.30. The largest absolute Gasteiger partial charge is 0.416 e. The summed E-state index contributed by atoms with van der Waals surface area (Å²) in [6.45, 7) is 1.63. The molecule has 0 atom stereocenters. The van der Waals surface area contributed by atoms with Crippen LogP contribution in [-0.4, -0.2) is 16.5 Å². The Morgan fingerprint density at radius 2 is 1.67 bits per heavy atom. The zero-order chi connectivity index (χ0) is 18.9. The van der Waals surface area contributed by atoms with Crippen molar-refractivity contribution in [2.24, 2.45) is 0 Å². The second kappa shape index (κ2) is 6.90. The number of rotatable bonds is 3. The van der Waals surface area contributed by atoms with Crippen LogP contribution in [0.4, 0.5) is 30.6 Å². The van der Waals surface area contributed by atoms with Crippen LogP contribution in [-0.2, 0) is 19.1 Å². The van der Waals surface area contributed by atoms with E-state index in [0.29, 0.717) is 11.6 Å². The highest BCUT2D eigenvalue weighted by molar-refractivity contribution is 5.56. The average Bonchev–Trinajstić information content (AvgIpc) is 2.67. The van der Waals surface area contributed by atoms with Crippen LogP contribution < -0.4 is 10.2 Å². The van der Waals surface area contributed by atoms with E-state index < -0.39 is 11.7 Å². The van der Waals surface area contributed by atoms with E-state index in [1.54, 1.807) is 6.20 Å². The second-order valence-electron chi connectivity index (χ2n) is 6.38. The lowest BCUT2D eigenvalue weighted by Crippen LogP contribution is -2.31. The summed E-state index contributed by atoms with van der Waals surface area (Å²) in [5, 5.41) is 2.96. The van der Waals surface area contributed by atoms with Crippen molar-refractivity contribution in [1.29, 1.82) is 0 Å². The van der Waals surface area contributed by atoms with Gasteiger partial charge in [0.05, 0.1) is 5.56 Å². The number of alkyl halides is 3. The van der Waals surface area contributed by atoms with Gasteiger partial charge in [0.25, 0.3) is 0 Å². The van der Waals surface area contributed by atoms with Crippen molar-refractivity contribution in [3.05, 3.63) is 77.5 Å². The molecule has 1 N–H and O–H groups in total. The number of halogens is 3. The van der Waals surface area contributed by atoms with Gasteiger partial charge in [0.1, 0.15) is 5.82 Å². The molecule has 0 unspecified atom stereocenters. The summed E-state index contributed by atoms with van der Waals surface area (Å²) in [5.74, 6) is 1.14. The van der Waals surface area contributed by atoms with Gasteiger partial charge in [-0.2, -0.15) is 18.2 Å². The third-order valence-corrected chi connectivity index (χ3v) is 4.56. The minimum absolute atomic E-state index is 0.353. The second-order valence-corrected chi connectivity index (χ2v) is 6.38. The number of anilines is 3. The topological polar surface area (TPSA) is 41.1 Å². The van der Waals surface area contributed by atoms with Crippen molar-refractivity contribution >= 4 is 17.5 Å². The standard InChI is InChI=1S/C20H17F3N4/c21-20(22,23)16-5-7-17(8-6-16)25-19-24-11-9-18(26-19)27-12-10-14-3-1-2-4-15(14)13-27/h1-9,11H,10,12-13H2,(H,24,25,26). The first-order valence-corrected chi connectivity index (χ1v) is 8.58. The molecule has 27 heavy (non-hydrogen) atoms. The van der Waals surface area contributed by atoms with E-state index in [1.807, 2.05) is 18.2 Å². The summed E-state index contributed by atoms with van der Waals surface area (Å²) in [7, 11) is 0. The summed E-state index contributed by atoms with van der Waals surface area (Å²) < 4.78 is 38.0. The number of benzene rings is 2. The van der Waals surface area contributed by atoms with Gasteiger partial charge in [0.2, 0.25) is 5.95 Å². The molecule has 0 spiro atoms. The van der Waals surface area contributed by atoms with Gasteiger partial charge in [0.15, 0.2) is 0 Å². The molecule has 3 aromatic rings. The van der Waals surface area contributed by atoms with Crippen molar-refractivity contribution in [3.8, 4) is 0 Å². The fraction of sp³-hybridized carbons (Fsp3) is 0.200. The van der Waals surface area contributed by atoms with Gasteiger partial charge in [-0.3, -0.25) is 0 Å². The molecule has 0 saturated heterocycles. The van der Waals surface area contributed by atoms with Crippen LogP contribution in [0.2, 0.25) is 0 Å². The molecule has 0 saturated carbocycles. The highest BCUT2D eigenvalue weighted by atomic mass is 19.4. The molecule has 138 valence electrons. The summed E-state index contributed by atoms with van der Waals surface area (Å²) in [6, 6.07) is 15.0. The monoisotopic (exact) mass is 370 g/mol. The summed E-state index contributed by atoms with van der Waals surface area (Å²) in [5.41, 5.74) is 2.45. The quantitative estimate of drug-likeness (QED) is 0.719. The first kappa shape index (κ1) is 17.3. The van der Waals surface area contributed by atoms with Gasteiger partial charge in [-0.05, 0) is 47.9 Å². The lowest BCUT2D eigenvalue weighted by Gasteiger charge is -2.29. The van der Waals surface area contributed by atoms with Crippen LogP contribution in [0, 0.1) is 0 Å². The zero-order valence-electron chi connectivity index (χ0n) is 14.4. The molecule has 0 aliphatic carbocycles. The minimum Gasteiger partial charge on any atom is -0.352 e. The zero-order valence-corrected chi connectivity index (χ0v) is 14.4. The summed E-state index contributed by atoms with van der Waals surface area (Å²) in [4.78, 5) is 10.9. The fourth-order valence-corrected chi connectivity index (χ4v) is 3.15. The maximum absolute atomic E-state index is 12.7. The van der Waals surface area contributed by atoms with E-state index >= 15 is 0 Å². The molecule has 7 heteroatoms. The van der Waals surface area contributed by atoms with Crippen molar-refractivity contribution in [3.63, 3.8) is 0 Å². The number of nitrogens with zero attached hydrogens (tertiary/aromatic N) is 3. The third kappa shape index (κ3) is 3.86. The summed E-state index contributed by atoms with van der Waals surface area (Å²) in [6.07, 6.45) is -1.75. The van der Waals surface area contributed by atoms with E-state index in [1.165, 1.54) is 23.3 Å². The van der Waals surface area contributed by atoms with Crippen LogP contribution in [0.3, 0.4) is 0 Å². The molecule has 1 aliphatic heterocycles. The van der Waals surface area contributed by atoms with Crippen molar-refractivity contribution in [1.82, 2.24) is 9.97 Å². The fourth-order valence-electron chi connectivity index (χ4n) is 3.15. The van der Waals surface area contributed by atoms with E-state index in [9.17, 15) is 13.2 Å². The number of hydrogen-bond donors (Lipinski definition) is 1. The Morgan fingerprint density at radius 1 is 0.926 bits per heavy atom. The van der Waals surface area contributed by atoms with E-state index in [-0.39, 0.29) is 0 Å². The number of aromatic nitrogens is 2. The van der Waals surface area contributed by atoms with Crippen molar-refractivity contribution in [2.75, 3.05) is 16.8 Å². The predicted octanol–water partition coefficient (Wildman–Crippen LogP) is 4.80. The molecule has 0 radical (unpaired) electrons. The van der Waals surface area contributed by atoms with E-state index in [2.05, 4.69) is 32.3 Å². The van der Waals surface area contributed by atoms with Gasteiger partial charge in [0, 0.05) is 25.0 Å². The minimum atomic E-state index is -4.35. The average molecular weight is 370 g/mol. The number of hydrogen-bond acceptors (Lipinski definition) is 4. The Morgan fingerprint density at radius 3 is 2.41 bits per heavy atom. The first-order valence-electron chi connectivity index (χ1n) is 8.58. The van der Waals surface area contributed by atoms with Gasteiger partial charge < -0.3 is 10.2 Å². The Bertz CT molecular complexity index is 938.